The molecule has 0 unspecified atom stereocenters. The molecule has 0 aliphatic carbocycles. The molecule has 1 heteroatoms. The minimum Gasteiger partial charge on any atom is -0.300 e. The monoisotopic (exact) mass is 487 g/mol. The van der Waals surface area contributed by atoms with Crippen LogP contribution in [0.3, 0.4) is 0 Å². The number of rotatable bonds is 18. The van der Waals surface area contributed by atoms with Gasteiger partial charge in [-0.15, -0.1) is 0 Å². The summed E-state index contributed by atoms with van der Waals surface area (Å²) < 4.78 is 0. The van der Waals surface area contributed by atoms with Crippen molar-refractivity contribution < 1.29 is 4.79 Å². The molecule has 0 atom stereocenters. The van der Waals surface area contributed by atoms with Crippen molar-refractivity contribution in [1.29, 1.82) is 0 Å². The normalized spacial score (nSPS) is 9.24. The van der Waals surface area contributed by atoms with Crippen molar-refractivity contribution in [3.8, 4) is 0 Å². The molecule has 0 aromatic carbocycles. The van der Waals surface area contributed by atoms with Crippen molar-refractivity contribution in [1.82, 2.24) is 0 Å². The Kier molecular flexibility index (Phi) is 69.2. The highest BCUT2D eigenvalue weighted by molar-refractivity contribution is 5.75. The Labute approximate surface area is 221 Å². The number of hydrogen-bond acceptors (Lipinski definition) is 1. The molecule has 0 spiro atoms. The molecule has 0 bridgehead atoms. The van der Waals surface area contributed by atoms with Crippen molar-refractivity contribution in [3.05, 3.63) is 0 Å². The molecule has 212 valence electrons. The zero-order valence-electron chi connectivity index (χ0n) is 26.5. The maximum Gasteiger partial charge on any atom is 0.129 e. The van der Waals surface area contributed by atoms with Gasteiger partial charge in [-0.3, -0.25) is 0 Å². The molecule has 0 heterocycles. The smallest absolute Gasteiger partial charge is 0.129 e. The first kappa shape index (κ1) is 43.7. The Hall–Kier alpha value is -0.330. The van der Waals surface area contributed by atoms with Crippen molar-refractivity contribution in [3.63, 3.8) is 0 Å². The third-order valence-electron chi connectivity index (χ3n) is 5.46. The van der Waals surface area contributed by atoms with Crippen LogP contribution in [0.5, 0.6) is 0 Å². The summed E-state index contributed by atoms with van der Waals surface area (Å²) in [5.74, 6) is 0.330. The summed E-state index contributed by atoms with van der Waals surface area (Å²) in [7, 11) is 0. The number of unbranched alkanes of at least 4 members (excludes halogenated alkanes) is 16. The van der Waals surface area contributed by atoms with E-state index in [2.05, 4.69) is 62.3 Å². The van der Waals surface area contributed by atoms with Gasteiger partial charge in [-0.2, -0.15) is 0 Å². The van der Waals surface area contributed by atoms with Gasteiger partial charge in [-0.05, 0) is 13.3 Å². The van der Waals surface area contributed by atoms with Crippen LogP contribution in [0.2, 0.25) is 0 Å². The SMILES string of the molecule is CCCCCC.CCCCCC.CCCCCC.CCCCCC.CCCCCCCC(C)=O. The molecule has 0 N–H and O–H groups in total. The van der Waals surface area contributed by atoms with Gasteiger partial charge in [-0.25, -0.2) is 0 Å². The summed E-state index contributed by atoms with van der Waals surface area (Å²) in [4.78, 5) is 10.5. The predicted octanol–water partition coefficient (Wildman–Crippen LogP) is 13.3. The lowest BCUT2D eigenvalue weighted by Crippen LogP contribution is -1.88. The first-order valence-electron chi connectivity index (χ1n) is 15.9. The molecule has 0 saturated carbocycles. The first-order chi connectivity index (χ1) is 16.4. The van der Waals surface area contributed by atoms with Gasteiger partial charge in [-0.1, -0.05) is 191 Å². The fourth-order valence-corrected chi connectivity index (χ4v) is 2.98. The van der Waals surface area contributed by atoms with Gasteiger partial charge in [0.2, 0.25) is 0 Å². The van der Waals surface area contributed by atoms with Gasteiger partial charge in [0.1, 0.15) is 5.78 Å². The van der Waals surface area contributed by atoms with Gasteiger partial charge in [0.15, 0.2) is 0 Å². The van der Waals surface area contributed by atoms with E-state index in [1.807, 2.05) is 0 Å². The van der Waals surface area contributed by atoms with Gasteiger partial charge in [0, 0.05) is 6.42 Å². The minimum atomic E-state index is 0.330. The summed E-state index contributed by atoms with van der Waals surface area (Å²) >= 11 is 0. The minimum absolute atomic E-state index is 0.330. The van der Waals surface area contributed by atoms with E-state index in [9.17, 15) is 4.79 Å². The van der Waals surface area contributed by atoms with Gasteiger partial charge >= 0.3 is 0 Å². The highest BCUT2D eigenvalue weighted by Gasteiger charge is 1.92. The number of Topliss-reactive ketones (excluding diaryl/α,β-unsaturated/α-hetero) is 1. The second kappa shape index (κ2) is 53.8. The number of hydrogen-bond donors (Lipinski definition) is 0. The quantitative estimate of drug-likeness (QED) is 0.176. The Morgan fingerprint density at radius 1 is 0.324 bits per heavy atom. The van der Waals surface area contributed by atoms with Crippen LogP contribution in [-0.2, 0) is 4.79 Å². The van der Waals surface area contributed by atoms with E-state index >= 15 is 0 Å². The number of carbonyl (C=O) groups excluding carboxylic acids is 1. The molecule has 0 saturated heterocycles. The average molecular weight is 487 g/mol. The van der Waals surface area contributed by atoms with E-state index < -0.39 is 0 Å². The highest BCUT2D eigenvalue weighted by Crippen LogP contribution is 2.04. The topological polar surface area (TPSA) is 17.1 Å². The lowest BCUT2D eigenvalue weighted by molar-refractivity contribution is -0.117. The van der Waals surface area contributed by atoms with Crippen molar-refractivity contribution in [2.75, 3.05) is 0 Å². The van der Waals surface area contributed by atoms with Gasteiger partial charge in [0.05, 0.1) is 0 Å². The third kappa shape index (κ3) is 85.5. The van der Waals surface area contributed by atoms with E-state index in [1.165, 1.54) is 128 Å². The maximum atomic E-state index is 10.5. The molecule has 0 amide bonds. The van der Waals surface area contributed by atoms with E-state index in [1.54, 1.807) is 6.92 Å². The van der Waals surface area contributed by atoms with Crippen molar-refractivity contribution in [2.45, 2.75) is 210 Å². The van der Waals surface area contributed by atoms with Crippen LogP contribution in [0.25, 0.3) is 0 Å². The van der Waals surface area contributed by atoms with E-state index in [0.717, 1.165) is 12.8 Å². The van der Waals surface area contributed by atoms with Crippen LogP contribution in [0.4, 0.5) is 0 Å². The number of ketones is 1. The zero-order valence-corrected chi connectivity index (χ0v) is 26.5. The summed E-state index contributed by atoms with van der Waals surface area (Å²) in [5.41, 5.74) is 0. The predicted molar refractivity (Wildman–Crippen MR) is 163 cm³/mol. The fourth-order valence-electron chi connectivity index (χ4n) is 2.98. The van der Waals surface area contributed by atoms with E-state index in [-0.39, 0.29) is 0 Å². The lowest BCUT2D eigenvalue weighted by atomic mass is 10.1. The summed E-state index contributed by atoms with van der Waals surface area (Å²) in [5, 5.41) is 0. The van der Waals surface area contributed by atoms with Crippen LogP contribution < -0.4 is 0 Å². The molecule has 1 nitrogen and oxygen atoms in total. The molecule has 0 aliphatic rings. The first-order valence-corrected chi connectivity index (χ1v) is 15.9. The van der Waals surface area contributed by atoms with Crippen LogP contribution >= 0.6 is 0 Å². The third-order valence-corrected chi connectivity index (χ3v) is 5.46. The standard InChI is InChI=1S/C9H18O.4C6H14/c1-3-4-5-6-7-8-9(2)10;4*1-3-5-6-4-2/h3-8H2,1-2H3;4*3-6H2,1-2H3. The second-order valence-electron chi connectivity index (χ2n) is 9.69. The average Bonchev–Trinajstić information content (AvgIpc) is 2.85. The van der Waals surface area contributed by atoms with Crippen molar-refractivity contribution in [2.24, 2.45) is 0 Å². The zero-order chi connectivity index (χ0) is 27.1. The maximum absolute atomic E-state index is 10.5. The summed E-state index contributed by atoms with van der Waals surface area (Å²) in [6.07, 6.45) is 29.1. The Morgan fingerprint density at radius 2 is 0.500 bits per heavy atom. The highest BCUT2D eigenvalue weighted by atomic mass is 16.1. The van der Waals surface area contributed by atoms with Crippen LogP contribution in [0.15, 0.2) is 0 Å². The molecule has 34 heavy (non-hydrogen) atoms. The lowest BCUT2D eigenvalue weighted by Gasteiger charge is -1.95. The Balaban J connectivity index is -0.000000105. The fraction of sp³-hybridized carbons (Fsp3) is 0.970. The Bertz CT molecular complexity index is 224. The largest absolute Gasteiger partial charge is 0.300 e. The molecule has 0 aromatic heterocycles. The van der Waals surface area contributed by atoms with Crippen LogP contribution in [0, 0.1) is 0 Å². The van der Waals surface area contributed by atoms with Gasteiger partial charge < -0.3 is 4.79 Å². The molecular formula is C33H74O. The molecule has 0 fully saturated rings. The van der Waals surface area contributed by atoms with E-state index in [4.69, 9.17) is 0 Å². The summed E-state index contributed by atoms with van der Waals surface area (Å²) in [6, 6.07) is 0. The van der Waals surface area contributed by atoms with Crippen molar-refractivity contribution >= 4 is 5.78 Å². The van der Waals surface area contributed by atoms with E-state index in [0.29, 0.717) is 5.78 Å². The van der Waals surface area contributed by atoms with Crippen LogP contribution in [0.1, 0.15) is 210 Å². The Morgan fingerprint density at radius 3 is 0.676 bits per heavy atom. The molecular weight excluding hydrogens is 412 g/mol. The number of carbonyl (C=O) groups is 1. The molecule has 0 aromatic rings. The second-order valence-corrected chi connectivity index (χ2v) is 9.69. The molecule has 0 aliphatic heterocycles. The summed E-state index contributed by atoms with van der Waals surface area (Å²) in [6.45, 7) is 21.7. The molecule has 0 rings (SSSR count). The van der Waals surface area contributed by atoms with Gasteiger partial charge in [0.25, 0.3) is 0 Å². The molecule has 0 radical (unpaired) electrons. The van der Waals surface area contributed by atoms with Crippen LogP contribution in [-0.4, -0.2) is 5.78 Å².